The lowest BCUT2D eigenvalue weighted by Gasteiger charge is -2.17. The summed E-state index contributed by atoms with van der Waals surface area (Å²) in [6.45, 7) is 6.00. The van der Waals surface area contributed by atoms with E-state index in [0.29, 0.717) is 40.0 Å². The lowest BCUT2D eigenvalue weighted by Crippen LogP contribution is -2.20. The van der Waals surface area contributed by atoms with Crippen molar-refractivity contribution in [1.29, 1.82) is 0 Å². The molecule has 1 amide bonds. The van der Waals surface area contributed by atoms with Crippen molar-refractivity contribution < 1.29 is 9.18 Å². The summed E-state index contributed by atoms with van der Waals surface area (Å²) in [5, 5.41) is 7.33. The number of halogens is 2. The van der Waals surface area contributed by atoms with Gasteiger partial charge in [-0.15, -0.1) is 0 Å². The molecule has 2 N–H and O–H groups in total. The molecule has 1 aromatic carbocycles. The Morgan fingerprint density at radius 3 is 2.67 bits per heavy atom. The van der Waals surface area contributed by atoms with Gasteiger partial charge in [0.25, 0.3) is 0 Å². The predicted molar refractivity (Wildman–Crippen MR) is 130 cm³/mol. The molecule has 0 aliphatic rings. The zero-order chi connectivity index (χ0) is 23.6. The van der Waals surface area contributed by atoms with Gasteiger partial charge in [0.2, 0.25) is 5.91 Å². The molecular formula is C25H23ClFN5O. The van der Waals surface area contributed by atoms with Gasteiger partial charge in [-0.25, -0.2) is 19.3 Å². The first-order chi connectivity index (χ1) is 15.7. The maximum Gasteiger partial charge on any atom is 0.226 e. The second kappa shape index (κ2) is 9.11. The summed E-state index contributed by atoms with van der Waals surface area (Å²) in [4.78, 5) is 25.4. The summed E-state index contributed by atoms with van der Waals surface area (Å²) < 4.78 is 14.5. The van der Waals surface area contributed by atoms with E-state index >= 15 is 0 Å². The van der Waals surface area contributed by atoms with Crippen LogP contribution >= 0.6 is 11.6 Å². The van der Waals surface area contributed by atoms with Crippen LogP contribution < -0.4 is 10.6 Å². The normalized spacial score (nSPS) is 11.4. The molecule has 3 aromatic heterocycles. The fourth-order valence-corrected chi connectivity index (χ4v) is 3.57. The van der Waals surface area contributed by atoms with Crippen LogP contribution in [0.25, 0.3) is 22.3 Å². The maximum atomic E-state index is 14.5. The molecule has 0 aliphatic carbocycles. The van der Waals surface area contributed by atoms with E-state index in [2.05, 4.69) is 25.6 Å². The molecule has 0 fully saturated rings. The first-order valence-electron chi connectivity index (χ1n) is 10.4. The van der Waals surface area contributed by atoms with Crippen molar-refractivity contribution >= 4 is 45.7 Å². The highest BCUT2D eigenvalue weighted by molar-refractivity contribution is 6.30. The van der Waals surface area contributed by atoms with Gasteiger partial charge < -0.3 is 10.6 Å². The van der Waals surface area contributed by atoms with E-state index in [1.807, 2.05) is 26.8 Å². The van der Waals surface area contributed by atoms with Crippen LogP contribution in [-0.2, 0) is 4.79 Å². The van der Waals surface area contributed by atoms with Gasteiger partial charge in [0.05, 0.1) is 11.4 Å². The molecule has 3 heterocycles. The van der Waals surface area contributed by atoms with Crippen LogP contribution in [0.3, 0.4) is 0 Å². The number of pyridine rings is 3. The Kier molecular flexibility index (Phi) is 6.24. The van der Waals surface area contributed by atoms with Gasteiger partial charge in [-0.3, -0.25) is 4.79 Å². The van der Waals surface area contributed by atoms with E-state index < -0.39 is 5.82 Å². The van der Waals surface area contributed by atoms with Crippen molar-refractivity contribution in [2.24, 2.45) is 5.41 Å². The molecular weight excluding hydrogens is 441 g/mol. The molecule has 168 valence electrons. The predicted octanol–water partition coefficient (Wildman–Crippen LogP) is 6.60. The van der Waals surface area contributed by atoms with Crippen molar-refractivity contribution in [2.75, 3.05) is 10.6 Å². The number of rotatable bonds is 5. The second-order valence-electron chi connectivity index (χ2n) is 8.89. The molecule has 0 saturated carbocycles. The molecule has 0 saturated heterocycles. The number of benzene rings is 1. The second-order valence-corrected chi connectivity index (χ2v) is 9.33. The monoisotopic (exact) mass is 463 g/mol. The molecule has 33 heavy (non-hydrogen) atoms. The summed E-state index contributed by atoms with van der Waals surface area (Å²) in [5.41, 5.74) is 2.39. The Bertz CT molecular complexity index is 1340. The highest BCUT2D eigenvalue weighted by Crippen LogP contribution is 2.32. The number of fused-ring (bicyclic) bond motifs is 1. The lowest BCUT2D eigenvalue weighted by molar-refractivity contribution is -0.117. The van der Waals surface area contributed by atoms with Crippen LogP contribution in [0.15, 0.2) is 60.9 Å². The number of hydrogen-bond acceptors (Lipinski definition) is 5. The minimum Gasteiger partial charge on any atom is -0.355 e. The standard InChI is InChI=1S/C25H23ClFN5O/c1-25(2,3)14-23(33)32-22-12-16(8-10-28-22)30-20-13-21(18-11-15(26)6-7-19(18)27)31-24-17(20)5-4-9-29-24/h4-13H,14H2,1-3H3,(H2,28,29,30,31,32,33). The van der Waals surface area contributed by atoms with Crippen LogP contribution in [0.2, 0.25) is 5.02 Å². The van der Waals surface area contributed by atoms with Crippen molar-refractivity contribution in [3.8, 4) is 11.3 Å². The Balaban J connectivity index is 1.69. The zero-order valence-electron chi connectivity index (χ0n) is 18.5. The summed E-state index contributed by atoms with van der Waals surface area (Å²) >= 11 is 6.09. The Hall–Kier alpha value is -3.58. The molecule has 4 rings (SSSR count). The molecule has 0 radical (unpaired) electrons. The van der Waals surface area contributed by atoms with Crippen molar-refractivity contribution in [2.45, 2.75) is 27.2 Å². The summed E-state index contributed by atoms with van der Waals surface area (Å²) in [6.07, 6.45) is 3.61. The molecule has 0 bridgehead atoms. The molecule has 4 aromatic rings. The largest absolute Gasteiger partial charge is 0.355 e. The molecule has 0 aliphatic heterocycles. The third kappa shape index (κ3) is 5.62. The first-order valence-corrected chi connectivity index (χ1v) is 10.8. The number of carbonyl (C=O) groups is 1. The number of anilines is 3. The van der Waals surface area contributed by atoms with Gasteiger partial charge in [-0.1, -0.05) is 32.4 Å². The average molecular weight is 464 g/mol. The van der Waals surface area contributed by atoms with Crippen molar-refractivity contribution in [3.05, 3.63) is 71.8 Å². The van der Waals surface area contributed by atoms with E-state index in [9.17, 15) is 9.18 Å². The van der Waals surface area contributed by atoms with Gasteiger partial charge in [-0.2, -0.15) is 0 Å². The molecule has 8 heteroatoms. The summed E-state index contributed by atoms with van der Waals surface area (Å²) in [7, 11) is 0. The maximum absolute atomic E-state index is 14.5. The summed E-state index contributed by atoms with van der Waals surface area (Å²) in [6, 6.07) is 13.3. The van der Waals surface area contributed by atoms with Gasteiger partial charge in [0, 0.05) is 46.5 Å². The Morgan fingerprint density at radius 2 is 1.88 bits per heavy atom. The summed E-state index contributed by atoms with van der Waals surface area (Å²) in [5.74, 6) is -0.0998. The SMILES string of the molecule is CC(C)(C)CC(=O)Nc1cc(Nc2cc(-c3cc(Cl)ccc3F)nc3ncccc23)ccn1. The third-order valence-electron chi connectivity index (χ3n) is 4.79. The lowest BCUT2D eigenvalue weighted by atomic mass is 9.92. The third-order valence-corrected chi connectivity index (χ3v) is 5.02. The van der Waals surface area contributed by atoms with E-state index in [0.717, 1.165) is 5.39 Å². The quantitative estimate of drug-likeness (QED) is 0.348. The van der Waals surface area contributed by atoms with Crippen LogP contribution in [0.1, 0.15) is 27.2 Å². The highest BCUT2D eigenvalue weighted by Gasteiger charge is 2.17. The number of aromatic nitrogens is 3. The van der Waals surface area contributed by atoms with E-state index in [1.54, 1.807) is 36.7 Å². The number of hydrogen-bond donors (Lipinski definition) is 2. The number of nitrogens with zero attached hydrogens (tertiary/aromatic N) is 3. The molecule has 0 atom stereocenters. The molecule has 0 spiro atoms. The smallest absolute Gasteiger partial charge is 0.226 e. The van der Waals surface area contributed by atoms with Gasteiger partial charge in [0.1, 0.15) is 11.6 Å². The number of nitrogens with one attached hydrogen (secondary N) is 2. The van der Waals surface area contributed by atoms with E-state index in [-0.39, 0.29) is 16.9 Å². The van der Waals surface area contributed by atoms with Crippen molar-refractivity contribution in [3.63, 3.8) is 0 Å². The fraction of sp³-hybridized carbons (Fsp3) is 0.200. The van der Waals surface area contributed by atoms with Crippen LogP contribution in [0.5, 0.6) is 0 Å². The van der Waals surface area contributed by atoms with Crippen molar-refractivity contribution in [1.82, 2.24) is 15.0 Å². The fourth-order valence-electron chi connectivity index (χ4n) is 3.39. The van der Waals surface area contributed by atoms with E-state index in [1.165, 1.54) is 18.2 Å². The van der Waals surface area contributed by atoms with Crippen LogP contribution in [0, 0.1) is 11.2 Å². The van der Waals surface area contributed by atoms with Gasteiger partial charge in [0.15, 0.2) is 5.65 Å². The van der Waals surface area contributed by atoms with Crippen LogP contribution in [0.4, 0.5) is 21.6 Å². The number of amides is 1. The average Bonchev–Trinajstić information content (AvgIpc) is 2.74. The topological polar surface area (TPSA) is 79.8 Å². The minimum atomic E-state index is -0.430. The first kappa shape index (κ1) is 22.6. The van der Waals surface area contributed by atoms with Gasteiger partial charge >= 0.3 is 0 Å². The number of carbonyl (C=O) groups excluding carboxylic acids is 1. The minimum absolute atomic E-state index is 0.107. The van der Waals surface area contributed by atoms with Crippen LogP contribution in [-0.4, -0.2) is 20.9 Å². The zero-order valence-corrected chi connectivity index (χ0v) is 19.2. The van der Waals surface area contributed by atoms with Gasteiger partial charge in [-0.05, 0) is 47.9 Å². The Labute approximate surface area is 196 Å². The van der Waals surface area contributed by atoms with E-state index in [4.69, 9.17) is 11.6 Å². The Morgan fingerprint density at radius 1 is 1.06 bits per heavy atom. The molecule has 0 unspecified atom stereocenters. The highest BCUT2D eigenvalue weighted by atomic mass is 35.5. The molecule has 6 nitrogen and oxygen atoms in total.